The van der Waals surface area contributed by atoms with Gasteiger partial charge in [0.2, 0.25) is 0 Å². The maximum absolute atomic E-state index is 3.60. The fourth-order valence-corrected chi connectivity index (χ4v) is 2.54. The molecule has 3 atom stereocenters. The first kappa shape index (κ1) is 8.30. The van der Waals surface area contributed by atoms with Crippen molar-refractivity contribution in [3.63, 3.8) is 0 Å². The summed E-state index contributed by atoms with van der Waals surface area (Å²) >= 11 is 0. The lowest BCUT2D eigenvalue weighted by atomic mass is 9.98. The van der Waals surface area contributed by atoms with Crippen LogP contribution in [-0.2, 0) is 0 Å². The fourth-order valence-electron chi connectivity index (χ4n) is 2.54. The van der Waals surface area contributed by atoms with Crippen LogP contribution < -0.4 is 10.6 Å². The van der Waals surface area contributed by atoms with Gasteiger partial charge in [-0.3, -0.25) is 0 Å². The van der Waals surface area contributed by atoms with Gasteiger partial charge in [-0.1, -0.05) is 30.4 Å². The van der Waals surface area contributed by atoms with Gasteiger partial charge >= 0.3 is 0 Å². The number of hydrogen-bond donors (Lipinski definition) is 2. The Balaban J connectivity index is 1.77. The standard InChI is InChI=1S/C12H16N2/c1-2-5-10-9(4-1)8-12(14-10)11-6-3-7-13-11/h1-2,4-5,8-11,13-14H,3,6-7H2/t9?,10?,11-/m0/s1. The molecule has 0 saturated carbocycles. The molecule has 2 unspecified atom stereocenters. The molecule has 1 saturated heterocycles. The summed E-state index contributed by atoms with van der Waals surface area (Å²) in [7, 11) is 0. The number of nitrogens with one attached hydrogen (secondary N) is 2. The molecule has 0 radical (unpaired) electrons. The second-order valence-corrected chi connectivity index (χ2v) is 4.29. The second-order valence-electron chi connectivity index (χ2n) is 4.29. The van der Waals surface area contributed by atoms with E-state index in [1.165, 1.54) is 25.1 Å². The van der Waals surface area contributed by atoms with Crippen LogP contribution in [0.4, 0.5) is 0 Å². The molecule has 0 bridgehead atoms. The molecule has 2 nitrogen and oxygen atoms in total. The van der Waals surface area contributed by atoms with Crippen molar-refractivity contribution in [2.24, 2.45) is 5.92 Å². The second kappa shape index (κ2) is 3.28. The maximum Gasteiger partial charge on any atom is 0.0543 e. The molecule has 14 heavy (non-hydrogen) atoms. The van der Waals surface area contributed by atoms with Gasteiger partial charge in [-0.15, -0.1) is 0 Å². The van der Waals surface area contributed by atoms with E-state index in [-0.39, 0.29) is 0 Å². The van der Waals surface area contributed by atoms with Crippen LogP contribution in [-0.4, -0.2) is 18.6 Å². The molecule has 2 aliphatic heterocycles. The van der Waals surface area contributed by atoms with Crippen molar-refractivity contribution < 1.29 is 0 Å². The number of fused-ring (bicyclic) bond motifs is 1. The average Bonchev–Trinajstić information content (AvgIpc) is 2.86. The molecule has 1 aliphatic carbocycles. The van der Waals surface area contributed by atoms with Crippen LogP contribution >= 0.6 is 0 Å². The highest BCUT2D eigenvalue weighted by Gasteiger charge is 2.29. The van der Waals surface area contributed by atoms with Crippen molar-refractivity contribution in [2.75, 3.05) is 6.54 Å². The lowest BCUT2D eigenvalue weighted by Gasteiger charge is -2.18. The highest BCUT2D eigenvalue weighted by molar-refractivity contribution is 5.31. The lowest BCUT2D eigenvalue weighted by molar-refractivity contribution is 0.587. The first-order chi connectivity index (χ1) is 6.93. The summed E-state index contributed by atoms with van der Waals surface area (Å²) in [6, 6.07) is 1.10. The molecular formula is C12H16N2. The van der Waals surface area contributed by atoms with Gasteiger partial charge < -0.3 is 10.6 Å². The van der Waals surface area contributed by atoms with E-state index in [1.807, 2.05) is 0 Å². The molecule has 2 heteroatoms. The molecule has 0 amide bonds. The summed E-state index contributed by atoms with van der Waals surface area (Å²) < 4.78 is 0. The highest BCUT2D eigenvalue weighted by atomic mass is 15.0. The minimum atomic E-state index is 0.511. The Morgan fingerprint density at radius 2 is 2.14 bits per heavy atom. The van der Waals surface area contributed by atoms with Crippen LogP contribution in [0.25, 0.3) is 0 Å². The van der Waals surface area contributed by atoms with Crippen molar-refractivity contribution in [3.8, 4) is 0 Å². The van der Waals surface area contributed by atoms with Crippen LogP contribution in [0.2, 0.25) is 0 Å². The molecular weight excluding hydrogens is 172 g/mol. The number of allylic oxidation sites excluding steroid dienone is 2. The quantitative estimate of drug-likeness (QED) is 0.649. The summed E-state index contributed by atoms with van der Waals surface area (Å²) in [5, 5.41) is 7.12. The average molecular weight is 188 g/mol. The summed E-state index contributed by atoms with van der Waals surface area (Å²) in [5.74, 6) is 0.581. The van der Waals surface area contributed by atoms with Crippen LogP contribution in [0.3, 0.4) is 0 Å². The smallest absolute Gasteiger partial charge is 0.0543 e. The van der Waals surface area contributed by atoms with E-state index in [0.29, 0.717) is 18.0 Å². The molecule has 74 valence electrons. The lowest BCUT2D eigenvalue weighted by Crippen LogP contribution is -2.34. The zero-order chi connectivity index (χ0) is 9.38. The van der Waals surface area contributed by atoms with Crippen molar-refractivity contribution in [1.82, 2.24) is 10.6 Å². The Hall–Kier alpha value is -1.02. The van der Waals surface area contributed by atoms with Gasteiger partial charge in [0.25, 0.3) is 0 Å². The molecule has 1 fully saturated rings. The Morgan fingerprint density at radius 3 is 2.93 bits per heavy atom. The molecule has 2 heterocycles. The Morgan fingerprint density at radius 1 is 1.21 bits per heavy atom. The topological polar surface area (TPSA) is 24.1 Å². The summed E-state index contributed by atoms with van der Waals surface area (Å²) in [6.45, 7) is 1.17. The van der Waals surface area contributed by atoms with Gasteiger partial charge in [0.1, 0.15) is 0 Å². The Labute approximate surface area is 84.8 Å². The van der Waals surface area contributed by atoms with Gasteiger partial charge in [0.15, 0.2) is 0 Å². The summed E-state index contributed by atoms with van der Waals surface area (Å²) in [6.07, 6.45) is 13.8. The third-order valence-electron chi connectivity index (χ3n) is 3.32. The van der Waals surface area contributed by atoms with Gasteiger partial charge in [0.05, 0.1) is 6.04 Å². The van der Waals surface area contributed by atoms with E-state index in [9.17, 15) is 0 Å². The largest absolute Gasteiger partial charge is 0.380 e. The van der Waals surface area contributed by atoms with E-state index < -0.39 is 0 Å². The minimum absolute atomic E-state index is 0.511. The van der Waals surface area contributed by atoms with Gasteiger partial charge in [-0.05, 0) is 19.4 Å². The van der Waals surface area contributed by atoms with Crippen LogP contribution in [0.1, 0.15) is 12.8 Å². The highest BCUT2D eigenvalue weighted by Crippen LogP contribution is 2.26. The third-order valence-corrected chi connectivity index (χ3v) is 3.32. The van der Waals surface area contributed by atoms with Crippen molar-refractivity contribution in [2.45, 2.75) is 24.9 Å². The zero-order valence-electron chi connectivity index (χ0n) is 8.24. The van der Waals surface area contributed by atoms with E-state index in [2.05, 4.69) is 41.0 Å². The first-order valence-corrected chi connectivity index (χ1v) is 5.50. The van der Waals surface area contributed by atoms with Crippen LogP contribution in [0, 0.1) is 5.92 Å². The normalized spacial score (nSPS) is 39.4. The van der Waals surface area contributed by atoms with Crippen LogP contribution in [0.15, 0.2) is 36.1 Å². The predicted molar refractivity (Wildman–Crippen MR) is 57.8 cm³/mol. The summed E-state index contributed by atoms with van der Waals surface area (Å²) in [4.78, 5) is 0. The SMILES string of the molecule is C1=CC2C=C([C@@H]3CCCN3)NC2C=C1. The monoisotopic (exact) mass is 188 g/mol. The van der Waals surface area contributed by atoms with Gasteiger partial charge in [-0.25, -0.2) is 0 Å². The minimum Gasteiger partial charge on any atom is -0.380 e. The molecule has 0 spiro atoms. The van der Waals surface area contributed by atoms with E-state index in [4.69, 9.17) is 0 Å². The van der Waals surface area contributed by atoms with Gasteiger partial charge in [-0.2, -0.15) is 0 Å². The van der Waals surface area contributed by atoms with Crippen molar-refractivity contribution in [3.05, 3.63) is 36.1 Å². The number of rotatable bonds is 1. The van der Waals surface area contributed by atoms with E-state index in [1.54, 1.807) is 0 Å². The van der Waals surface area contributed by atoms with E-state index >= 15 is 0 Å². The van der Waals surface area contributed by atoms with Crippen LogP contribution in [0.5, 0.6) is 0 Å². The van der Waals surface area contributed by atoms with E-state index in [0.717, 1.165) is 0 Å². The Kier molecular flexibility index (Phi) is 1.95. The fraction of sp³-hybridized carbons (Fsp3) is 0.500. The molecule has 3 rings (SSSR count). The third kappa shape index (κ3) is 1.30. The molecule has 0 aromatic heterocycles. The van der Waals surface area contributed by atoms with Gasteiger partial charge in [0, 0.05) is 17.7 Å². The van der Waals surface area contributed by atoms with Crippen molar-refractivity contribution >= 4 is 0 Å². The predicted octanol–water partition coefficient (Wildman–Crippen LogP) is 1.34. The maximum atomic E-state index is 3.60. The molecule has 3 aliphatic rings. The zero-order valence-corrected chi connectivity index (χ0v) is 8.24. The Bertz CT molecular complexity index is 308. The molecule has 0 aromatic rings. The summed E-state index contributed by atoms with van der Waals surface area (Å²) in [5.41, 5.74) is 1.41. The first-order valence-electron chi connectivity index (χ1n) is 5.50. The molecule has 0 aromatic carbocycles. The number of hydrogen-bond acceptors (Lipinski definition) is 2. The molecule has 2 N–H and O–H groups in total. The van der Waals surface area contributed by atoms with Crippen molar-refractivity contribution in [1.29, 1.82) is 0 Å².